The summed E-state index contributed by atoms with van der Waals surface area (Å²) in [5.74, 6) is -1.65. The molecule has 2 N–H and O–H groups in total. The zero-order chi connectivity index (χ0) is 14.9. The van der Waals surface area contributed by atoms with Crippen LogP contribution >= 0.6 is 0 Å². The molecule has 1 aromatic rings. The lowest BCUT2D eigenvalue weighted by molar-refractivity contribution is -0.141. The van der Waals surface area contributed by atoms with Gasteiger partial charge in [-0.3, -0.25) is 4.90 Å². The van der Waals surface area contributed by atoms with Crippen LogP contribution in [-0.2, 0) is 4.79 Å². The molecule has 0 unspecified atom stereocenters. The second-order valence-corrected chi connectivity index (χ2v) is 4.72. The first-order valence-electron chi connectivity index (χ1n) is 6.11. The maximum Gasteiger partial charge on any atom is 0.326 e. The number of hydrogen-bond acceptors (Lipinski definition) is 3. The van der Waals surface area contributed by atoms with Crippen molar-refractivity contribution in [3.8, 4) is 0 Å². The summed E-state index contributed by atoms with van der Waals surface area (Å²) in [6.07, 6.45) is -0.862. The van der Waals surface area contributed by atoms with E-state index in [4.69, 9.17) is 5.11 Å². The molecule has 0 bridgehead atoms. The molecule has 1 aliphatic heterocycles. The number of aliphatic hydroxyl groups is 1. The van der Waals surface area contributed by atoms with E-state index in [9.17, 15) is 19.1 Å². The van der Waals surface area contributed by atoms with Crippen LogP contribution in [0.1, 0.15) is 6.42 Å². The van der Waals surface area contributed by atoms with Crippen molar-refractivity contribution in [3.05, 3.63) is 30.1 Å². The maximum atomic E-state index is 13.1. The molecular weight excluding hydrogens is 267 g/mol. The Labute approximate surface area is 115 Å². The predicted octanol–water partition coefficient (Wildman–Crippen LogP) is 0.902. The van der Waals surface area contributed by atoms with Crippen molar-refractivity contribution in [2.45, 2.75) is 18.6 Å². The molecule has 1 fully saturated rings. The van der Waals surface area contributed by atoms with Gasteiger partial charge >= 0.3 is 12.0 Å². The number of β-amino-alcohol motifs (C(OH)–C–C–N with tert-alkyl or cyclic N) is 1. The van der Waals surface area contributed by atoms with Gasteiger partial charge in [0.2, 0.25) is 0 Å². The molecule has 1 aliphatic rings. The van der Waals surface area contributed by atoms with E-state index in [0.29, 0.717) is 5.69 Å². The summed E-state index contributed by atoms with van der Waals surface area (Å²) in [4.78, 5) is 25.6. The summed E-state index contributed by atoms with van der Waals surface area (Å²) >= 11 is 0. The molecule has 1 saturated heterocycles. The average molecular weight is 282 g/mol. The molecule has 2 amide bonds. The molecule has 1 aromatic carbocycles. The number of aliphatic carboxylic acids is 1. The van der Waals surface area contributed by atoms with Gasteiger partial charge in [-0.25, -0.2) is 14.0 Å². The number of carbonyl (C=O) groups excluding carboxylic acids is 1. The van der Waals surface area contributed by atoms with Crippen LogP contribution in [-0.4, -0.2) is 52.9 Å². The third-order valence-electron chi connectivity index (χ3n) is 3.29. The Balaban J connectivity index is 2.20. The van der Waals surface area contributed by atoms with Gasteiger partial charge in [0.05, 0.1) is 6.10 Å². The molecule has 0 aromatic heterocycles. The third kappa shape index (κ3) is 2.72. The highest BCUT2D eigenvalue weighted by Gasteiger charge is 2.40. The number of benzene rings is 1. The summed E-state index contributed by atoms with van der Waals surface area (Å²) in [6, 6.07) is 3.79. The van der Waals surface area contributed by atoms with Gasteiger partial charge in [-0.05, 0) is 18.2 Å². The number of likely N-dealkylation sites (tertiary alicyclic amines) is 1. The van der Waals surface area contributed by atoms with E-state index >= 15 is 0 Å². The minimum absolute atomic E-state index is 0.00192. The van der Waals surface area contributed by atoms with Crippen LogP contribution in [0.3, 0.4) is 0 Å². The summed E-state index contributed by atoms with van der Waals surface area (Å²) in [5.41, 5.74) is 0.320. The van der Waals surface area contributed by atoms with Crippen molar-refractivity contribution in [2.24, 2.45) is 0 Å². The van der Waals surface area contributed by atoms with E-state index in [1.54, 1.807) is 6.07 Å². The Morgan fingerprint density at radius 3 is 2.75 bits per heavy atom. The zero-order valence-corrected chi connectivity index (χ0v) is 10.9. The Morgan fingerprint density at radius 1 is 1.45 bits per heavy atom. The van der Waals surface area contributed by atoms with Crippen LogP contribution in [0.5, 0.6) is 0 Å². The van der Waals surface area contributed by atoms with Gasteiger partial charge in [0.1, 0.15) is 11.9 Å². The fraction of sp³-hybridized carbons (Fsp3) is 0.385. The number of amides is 2. The van der Waals surface area contributed by atoms with Crippen molar-refractivity contribution < 1.29 is 24.2 Å². The highest BCUT2D eigenvalue weighted by molar-refractivity contribution is 5.94. The second kappa shape index (κ2) is 5.46. The lowest BCUT2D eigenvalue weighted by atomic mass is 10.2. The third-order valence-corrected chi connectivity index (χ3v) is 3.29. The van der Waals surface area contributed by atoms with Gasteiger partial charge in [0.25, 0.3) is 0 Å². The average Bonchev–Trinajstić information content (AvgIpc) is 2.79. The minimum atomic E-state index is -1.16. The SMILES string of the molecule is CN(C(=O)N1C[C@@H](O)C[C@H]1C(=O)O)c1cccc(F)c1. The van der Waals surface area contributed by atoms with E-state index in [1.807, 2.05) is 0 Å². The Kier molecular flexibility index (Phi) is 3.89. The van der Waals surface area contributed by atoms with E-state index in [2.05, 4.69) is 0 Å². The number of carboxylic acid groups (broad SMARTS) is 1. The summed E-state index contributed by atoms with van der Waals surface area (Å²) in [6.45, 7) is -0.0462. The molecule has 20 heavy (non-hydrogen) atoms. The van der Waals surface area contributed by atoms with Gasteiger partial charge in [-0.1, -0.05) is 6.07 Å². The fourth-order valence-electron chi connectivity index (χ4n) is 2.25. The van der Waals surface area contributed by atoms with Gasteiger partial charge in [-0.15, -0.1) is 0 Å². The fourth-order valence-corrected chi connectivity index (χ4v) is 2.25. The molecule has 0 radical (unpaired) electrons. The van der Waals surface area contributed by atoms with Crippen molar-refractivity contribution >= 4 is 17.7 Å². The van der Waals surface area contributed by atoms with Crippen LogP contribution in [0.15, 0.2) is 24.3 Å². The quantitative estimate of drug-likeness (QED) is 0.844. The summed E-state index contributed by atoms with van der Waals surface area (Å²) in [5, 5.41) is 18.6. The standard InChI is InChI=1S/C13H15FN2O4/c1-15(9-4-2-3-8(14)5-9)13(20)16-7-10(17)6-11(16)12(18)19/h2-5,10-11,17H,6-7H2,1H3,(H,18,19)/t10-,11-/m0/s1. The monoisotopic (exact) mass is 282 g/mol. The number of carbonyl (C=O) groups is 2. The molecule has 0 saturated carbocycles. The van der Waals surface area contributed by atoms with Crippen LogP contribution in [0, 0.1) is 5.82 Å². The van der Waals surface area contributed by atoms with Crippen molar-refractivity contribution in [3.63, 3.8) is 0 Å². The minimum Gasteiger partial charge on any atom is -0.480 e. The molecule has 2 atom stereocenters. The number of carboxylic acids is 1. The van der Waals surface area contributed by atoms with Crippen molar-refractivity contribution in [2.75, 3.05) is 18.5 Å². The Hall–Kier alpha value is -2.15. The summed E-state index contributed by atoms with van der Waals surface area (Å²) in [7, 11) is 1.43. The largest absolute Gasteiger partial charge is 0.480 e. The molecule has 7 heteroatoms. The zero-order valence-electron chi connectivity index (χ0n) is 10.9. The predicted molar refractivity (Wildman–Crippen MR) is 69.0 cm³/mol. The highest BCUT2D eigenvalue weighted by atomic mass is 19.1. The van der Waals surface area contributed by atoms with Gasteiger partial charge in [0, 0.05) is 25.7 Å². The molecule has 108 valence electrons. The smallest absolute Gasteiger partial charge is 0.326 e. The molecule has 1 heterocycles. The number of aliphatic hydroxyl groups excluding tert-OH is 1. The summed E-state index contributed by atoms with van der Waals surface area (Å²) < 4.78 is 13.1. The molecule has 2 rings (SSSR count). The van der Waals surface area contributed by atoms with Gasteiger partial charge < -0.3 is 15.1 Å². The molecule has 0 spiro atoms. The first kappa shape index (κ1) is 14.3. The number of urea groups is 1. The van der Waals surface area contributed by atoms with Crippen molar-refractivity contribution in [1.82, 2.24) is 4.90 Å². The normalized spacial score (nSPS) is 21.9. The lowest BCUT2D eigenvalue weighted by Crippen LogP contribution is -2.47. The van der Waals surface area contributed by atoms with E-state index in [-0.39, 0.29) is 13.0 Å². The molecule has 6 nitrogen and oxygen atoms in total. The van der Waals surface area contributed by atoms with Gasteiger partial charge in [0.15, 0.2) is 0 Å². The van der Waals surface area contributed by atoms with Crippen molar-refractivity contribution in [1.29, 1.82) is 0 Å². The highest BCUT2D eigenvalue weighted by Crippen LogP contribution is 2.22. The van der Waals surface area contributed by atoms with E-state index in [0.717, 1.165) is 9.80 Å². The van der Waals surface area contributed by atoms with Crippen LogP contribution in [0.4, 0.5) is 14.9 Å². The number of rotatable bonds is 2. The first-order chi connectivity index (χ1) is 9.40. The Bertz CT molecular complexity index is 537. The van der Waals surface area contributed by atoms with E-state index < -0.39 is 30.0 Å². The number of anilines is 1. The number of nitrogens with zero attached hydrogens (tertiary/aromatic N) is 2. The second-order valence-electron chi connectivity index (χ2n) is 4.72. The lowest BCUT2D eigenvalue weighted by Gasteiger charge is -2.27. The van der Waals surface area contributed by atoms with E-state index in [1.165, 1.54) is 25.2 Å². The van der Waals surface area contributed by atoms with Crippen LogP contribution < -0.4 is 4.90 Å². The van der Waals surface area contributed by atoms with Crippen LogP contribution in [0.25, 0.3) is 0 Å². The maximum absolute atomic E-state index is 13.1. The number of hydrogen-bond donors (Lipinski definition) is 2. The molecule has 0 aliphatic carbocycles. The topological polar surface area (TPSA) is 81.1 Å². The molecular formula is C13H15FN2O4. The Morgan fingerprint density at radius 2 is 2.15 bits per heavy atom. The number of halogens is 1. The van der Waals surface area contributed by atoms with Gasteiger partial charge in [-0.2, -0.15) is 0 Å². The first-order valence-corrected chi connectivity index (χ1v) is 6.11. The van der Waals surface area contributed by atoms with Crippen LogP contribution in [0.2, 0.25) is 0 Å².